The number of H-pyrrole nitrogens is 1. The Morgan fingerprint density at radius 2 is 2.60 bits per heavy atom. The van der Waals surface area contributed by atoms with Crippen LogP contribution in [0.25, 0.3) is 0 Å². The van der Waals surface area contributed by atoms with Gasteiger partial charge >= 0.3 is 0 Å². The highest BCUT2D eigenvalue weighted by Gasteiger charge is 1.97. The molecule has 1 amide bonds. The molecule has 0 atom stereocenters. The molecule has 0 aliphatic carbocycles. The third kappa shape index (κ3) is 1.38. The van der Waals surface area contributed by atoms with Crippen molar-refractivity contribution in [2.75, 3.05) is 5.32 Å². The molecule has 0 spiro atoms. The summed E-state index contributed by atoms with van der Waals surface area (Å²) in [5.41, 5.74) is 0. The lowest BCUT2D eigenvalue weighted by Gasteiger charge is -1.90. The summed E-state index contributed by atoms with van der Waals surface area (Å²) in [5.74, 6) is -0.287. The zero-order valence-corrected chi connectivity index (χ0v) is 4.90. The first-order valence-corrected chi connectivity index (χ1v) is 2.42. The van der Waals surface area contributed by atoms with Gasteiger partial charge in [-0.1, -0.05) is 11.7 Å². The second kappa shape index (κ2) is 2.72. The van der Waals surface area contributed by atoms with Crippen LogP contribution in [0, 0.1) is 6.58 Å². The first kappa shape index (κ1) is 6.40. The number of hydrogen-bond acceptors (Lipinski definition) is 4. The predicted octanol–water partition coefficient (Wildman–Crippen LogP) is -0.873. The van der Waals surface area contributed by atoms with Crippen molar-refractivity contribution in [1.29, 1.82) is 0 Å². The van der Waals surface area contributed by atoms with Crippen molar-refractivity contribution >= 4 is 11.9 Å². The van der Waals surface area contributed by atoms with Gasteiger partial charge in [0.1, 0.15) is 0 Å². The number of nitrogens with one attached hydrogen (secondary N) is 2. The van der Waals surface area contributed by atoms with Gasteiger partial charge in [0, 0.05) is 6.08 Å². The van der Waals surface area contributed by atoms with Crippen LogP contribution < -0.4 is 5.32 Å². The average molecular weight is 138 g/mol. The quantitative estimate of drug-likeness (QED) is 0.520. The molecule has 51 valence electrons. The van der Waals surface area contributed by atoms with E-state index in [4.69, 9.17) is 6.58 Å². The number of amides is 1. The summed E-state index contributed by atoms with van der Waals surface area (Å²) < 4.78 is 0. The number of rotatable bonds is 2. The van der Waals surface area contributed by atoms with Crippen LogP contribution in [0.5, 0.6) is 0 Å². The Bertz CT molecular complexity index is 228. The normalized spacial score (nSPS) is 8.80. The van der Waals surface area contributed by atoms with E-state index in [1.165, 1.54) is 0 Å². The van der Waals surface area contributed by atoms with Crippen LogP contribution in [0.2, 0.25) is 0 Å². The maximum atomic E-state index is 10.5. The maximum Gasteiger partial charge on any atom is 0.250 e. The fraction of sp³-hybridized carbons (Fsp3) is 0. The van der Waals surface area contributed by atoms with E-state index in [1.54, 1.807) is 0 Å². The lowest BCUT2D eigenvalue weighted by atomic mass is 10.6. The van der Waals surface area contributed by atoms with Gasteiger partial charge in [0.15, 0.2) is 0 Å². The van der Waals surface area contributed by atoms with Crippen molar-refractivity contribution in [3.05, 3.63) is 12.7 Å². The number of carbonyl (C=O) groups excluding carboxylic acids is 1. The van der Waals surface area contributed by atoms with E-state index in [1.807, 2.05) is 0 Å². The van der Waals surface area contributed by atoms with Gasteiger partial charge in [0.2, 0.25) is 5.95 Å². The largest absolute Gasteiger partial charge is 0.290 e. The first-order valence-electron chi connectivity index (χ1n) is 2.42. The van der Waals surface area contributed by atoms with Crippen molar-refractivity contribution in [1.82, 2.24) is 20.6 Å². The van der Waals surface area contributed by atoms with Gasteiger partial charge in [-0.25, -0.2) is 5.10 Å². The summed E-state index contributed by atoms with van der Waals surface area (Å²) >= 11 is 0. The monoisotopic (exact) mass is 138 g/mol. The van der Waals surface area contributed by atoms with E-state index < -0.39 is 5.91 Å². The van der Waals surface area contributed by atoms with Crippen LogP contribution in [-0.2, 0) is 4.79 Å². The molecule has 1 aromatic heterocycles. The van der Waals surface area contributed by atoms with Crippen LogP contribution in [0.1, 0.15) is 0 Å². The summed E-state index contributed by atoms with van der Waals surface area (Å²) in [6.45, 7) is 4.87. The highest BCUT2D eigenvalue weighted by Crippen LogP contribution is 1.88. The van der Waals surface area contributed by atoms with E-state index in [2.05, 4.69) is 25.9 Å². The van der Waals surface area contributed by atoms with Gasteiger partial charge in [-0.05, 0) is 10.4 Å². The van der Waals surface area contributed by atoms with Crippen molar-refractivity contribution in [2.24, 2.45) is 0 Å². The number of aromatic amines is 1. The number of carbonyl (C=O) groups is 1. The van der Waals surface area contributed by atoms with Gasteiger partial charge in [-0.3, -0.25) is 10.1 Å². The Hall–Kier alpha value is -1.72. The van der Waals surface area contributed by atoms with Gasteiger partial charge in [0.05, 0.1) is 0 Å². The van der Waals surface area contributed by atoms with E-state index in [0.29, 0.717) is 0 Å². The number of tetrazole rings is 1. The molecule has 1 aromatic rings. The van der Waals surface area contributed by atoms with E-state index >= 15 is 0 Å². The van der Waals surface area contributed by atoms with Crippen molar-refractivity contribution in [2.45, 2.75) is 0 Å². The Labute approximate surface area is 56.3 Å². The molecule has 0 saturated heterocycles. The van der Waals surface area contributed by atoms with E-state index in [-0.39, 0.29) is 5.95 Å². The number of aromatic nitrogens is 4. The van der Waals surface area contributed by atoms with Crippen LogP contribution in [0.4, 0.5) is 5.95 Å². The zero-order valence-electron chi connectivity index (χ0n) is 4.90. The number of hydrogen-bond donors (Lipinski definition) is 2. The van der Waals surface area contributed by atoms with Crippen molar-refractivity contribution < 1.29 is 4.79 Å². The van der Waals surface area contributed by atoms with Crippen molar-refractivity contribution in [3.8, 4) is 0 Å². The summed E-state index contributed by atoms with van der Waals surface area (Å²) in [6, 6.07) is 0. The topological polar surface area (TPSA) is 83.6 Å². The lowest BCUT2D eigenvalue weighted by molar-refractivity contribution is -0.111. The molecular weight excluding hydrogens is 134 g/mol. The Morgan fingerprint density at radius 3 is 3.10 bits per heavy atom. The molecule has 10 heavy (non-hydrogen) atoms. The van der Waals surface area contributed by atoms with Crippen LogP contribution in [0.15, 0.2) is 6.08 Å². The third-order valence-corrected chi connectivity index (χ3v) is 0.738. The molecule has 0 unspecified atom stereocenters. The number of anilines is 1. The van der Waals surface area contributed by atoms with Gasteiger partial charge in [-0.2, -0.15) is 0 Å². The second-order valence-electron chi connectivity index (χ2n) is 1.41. The molecule has 0 bridgehead atoms. The zero-order chi connectivity index (χ0) is 7.40. The van der Waals surface area contributed by atoms with Crippen LogP contribution >= 0.6 is 0 Å². The molecule has 1 radical (unpaired) electrons. The molecule has 0 saturated carbocycles. The molecule has 6 nitrogen and oxygen atoms in total. The molecule has 2 N–H and O–H groups in total. The molecule has 0 aliphatic rings. The second-order valence-corrected chi connectivity index (χ2v) is 1.41. The fourth-order valence-electron chi connectivity index (χ4n) is 0.370. The van der Waals surface area contributed by atoms with E-state index in [0.717, 1.165) is 6.08 Å². The molecule has 0 fully saturated rings. The average Bonchev–Trinajstić information content (AvgIpc) is 2.40. The summed E-state index contributed by atoms with van der Waals surface area (Å²) in [4.78, 5) is 10.5. The van der Waals surface area contributed by atoms with Gasteiger partial charge < -0.3 is 0 Å². The predicted molar refractivity (Wildman–Crippen MR) is 31.7 cm³/mol. The van der Waals surface area contributed by atoms with Gasteiger partial charge in [0.25, 0.3) is 5.91 Å². The van der Waals surface area contributed by atoms with E-state index in [9.17, 15) is 4.79 Å². The molecule has 0 aromatic carbocycles. The highest BCUT2D eigenvalue weighted by atomic mass is 16.1. The Morgan fingerprint density at radius 1 is 1.80 bits per heavy atom. The molecule has 0 aliphatic heterocycles. The molecule has 6 heteroatoms. The summed E-state index contributed by atoms with van der Waals surface area (Å²) in [6.07, 6.45) is 0.878. The lowest BCUT2D eigenvalue weighted by Crippen LogP contribution is -2.08. The summed E-state index contributed by atoms with van der Waals surface area (Å²) in [5, 5.41) is 14.4. The first-order chi connectivity index (χ1) is 4.83. The Balaban J connectivity index is 2.56. The number of nitrogens with zero attached hydrogens (tertiary/aromatic N) is 3. The molecule has 1 rings (SSSR count). The summed E-state index contributed by atoms with van der Waals surface area (Å²) in [7, 11) is 0. The molecule has 1 heterocycles. The third-order valence-electron chi connectivity index (χ3n) is 0.738. The Kier molecular flexibility index (Phi) is 1.74. The highest BCUT2D eigenvalue weighted by molar-refractivity contribution is 5.97. The SMILES string of the molecule is [CH]=CC(=O)Nc1nnn[nH]1. The molecular formula is C4H4N5O. The minimum absolute atomic E-state index is 0.173. The van der Waals surface area contributed by atoms with Crippen LogP contribution in [0.3, 0.4) is 0 Å². The standard InChI is InChI=1S/C4H4N5O/c1-2-3(10)5-4-6-8-9-7-4/h1-2H,(H2,5,6,7,8,9,10). The van der Waals surface area contributed by atoms with Gasteiger partial charge in [-0.15, -0.1) is 0 Å². The van der Waals surface area contributed by atoms with Crippen molar-refractivity contribution in [3.63, 3.8) is 0 Å². The van der Waals surface area contributed by atoms with Crippen LogP contribution in [-0.4, -0.2) is 26.5 Å². The maximum absolute atomic E-state index is 10.5. The minimum atomic E-state index is -0.460. The minimum Gasteiger partial charge on any atom is -0.290 e. The fourth-order valence-corrected chi connectivity index (χ4v) is 0.370. The smallest absolute Gasteiger partial charge is 0.250 e.